The van der Waals surface area contributed by atoms with Gasteiger partial charge in [0.2, 0.25) is 5.91 Å². The largest absolute Gasteiger partial charge is 0.351 e. The number of rotatable bonds is 5. The van der Waals surface area contributed by atoms with Gasteiger partial charge in [-0.05, 0) is 36.6 Å². The van der Waals surface area contributed by atoms with Crippen molar-refractivity contribution in [2.24, 2.45) is 0 Å². The highest BCUT2D eigenvalue weighted by atomic mass is 35.5. The van der Waals surface area contributed by atoms with Crippen LogP contribution in [0.5, 0.6) is 0 Å². The molecule has 0 aliphatic rings. The maximum absolute atomic E-state index is 13.0. The number of nitrogens with one attached hydrogen (secondary N) is 2. The van der Waals surface area contributed by atoms with Crippen molar-refractivity contribution in [1.29, 1.82) is 0 Å². The fourth-order valence-corrected chi connectivity index (χ4v) is 3.44. The Kier molecular flexibility index (Phi) is 5.52. The molecule has 2 amide bonds. The van der Waals surface area contributed by atoms with Gasteiger partial charge in [-0.3, -0.25) is 19.8 Å². The van der Waals surface area contributed by atoms with E-state index in [1.165, 1.54) is 17.4 Å². The molecule has 2 aromatic heterocycles. The second-order valence-electron chi connectivity index (χ2n) is 5.60. The van der Waals surface area contributed by atoms with E-state index < -0.39 is 17.6 Å². The Hall–Kier alpha value is -2.78. The Balaban J connectivity index is 1.60. The van der Waals surface area contributed by atoms with Crippen molar-refractivity contribution >= 4 is 45.0 Å². The molecular formula is C17H14ClFN4O3S. The first-order valence-corrected chi connectivity index (χ1v) is 9.12. The zero-order valence-corrected chi connectivity index (χ0v) is 15.7. The highest BCUT2D eigenvalue weighted by Gasteiger charge is 2.13. The molecule has 0 bridgehead atoms. The highest BCUT2D eigenvalue weighted by molar-refractivity contribution is 7.16. The van der Waals surface area contributed by atoms with Crippen molar-refractivity contribution in [1.82, 2.24) is 15.0 Å². The molecule has 1 aromatic carbocycles. The molecule has 0 fully saturated rings. The molecular weight excluding hydrogens is 395 g/mol. The Morgan fingerprint density at radius 3 is 2.85 bits per heavy atom. The zero-order chi connectivity index (χ0) is 19.6. The minimum atomic E-state index is -0.548. The van der Waals surface area contributed by atoms with E-state index >= 15 is 0 Å². The summed E-state index contributed by atoms with van der Waals surface area (Å²) in [5.74, 6) is -1.19. The van der Waals surface area contributed by atoms with E-state index in [1.807, 2.05) is 0 Å². The summed E-state index contributed by atoms with van der Waals surface area (Å²) in [7, 11) is 0. The number of nitrogens with zero attached hydrogens (tertiary/aromatic N) is 2. The fourth-order valence-electron chi connectivity index (χ4n) is 2.39. The van der Waals surface area contributed by atoms with E-state index in [9.17, 15) is 18.8 Å². The van der Waals surface area contributed by atoms with Crippen LogP contribution in [0, 0.1) is 12.7 Å². The van der Waals surface area contributed by atoms with Crippen molar-refractivity contribution in [3.05, 3.63) is 62.2 Å². The van der Waals surface area contributed by atoms with Crippen molar-refractivity contribution in [3.8, 4) is 0 Å². The molecule has 0 aliphatic carbocycles. The van der Waals surface area contributed by atoms with Gasteiger partial charge < -0.3 is 5.32 Å². The molecule has 0 saturated heterocycles. The van der Waals surface area contributed by atoms with Crippen LogP contribution in [0.3, 0.4) is 0 Å². The normalized spacial score (nSPS) is 10.8. The number of amides is 2. The molecule has 0 unspecified atom stereocenters. The van der Waals surface area contributed by atoms with Gasteiger partial charge in [0.05, 0.1) is 16.0 Å². The molecule has 0 atom stereocenters. The molecule has 0 aliphatic heterocycles. The van der Waals surface area contributed by atoms with Gasteiger partial charge in [-0.1, -0.05) is 11.6 Å². The van der Waals surface area contributed by atoms with Gasteiger partial charge >= 0.3 is 0 Å². The molecule has 10 heteroatoms. The van der Waals surface area contributed by atoms with Crippen LogP contribution < -0.4 is 16.3 Å². The summed E-state index contributed by atoms with van der Waals surface area (Å²) in [5, 5.41) is 4.68. The molecule has 0 radical (unpaired) electrons. The van der Waals surface area contributed by atoms with Crippen LogP contribution in [0.15, 0.2) is 34.4 Å². The van der Waals surface area contributed by atoms with E-state index in [0.717, 1.165) is 16.8 Å². The van der Waals surface area contributed by atoms with E-state index in [4.69, 9.17) is 11.6 Å². The third kappa shape index (κ3) is 4.15. The maximum atomic E-state index is 13.0. The highest BCUT2D eigenvalue weighted by Crippen LogP contribution is 2.17. The number of aromatic nitrogens is 2. The number of carbonyl (C=O) groups excluding carboxylic acids is 2. The SMILES string of the molecule is Cc1nc2sccc2c(=O)n1NC(=O)CCNC(=O)c1ccc(F)cc1Cl. The Morgan fingerprint density at radius 2 is 2.11 bits per heavy atom. The monoisotopic (exact) mass is 408 g/mol. The predicted octanol–water partition coefficient (Wildman–Crippen LogP) is 2.45. The summed E-state index contributed by atoms with van der Waals surface area (Å²) in [5.41, 5.74) is 2.22. The lowest BCUT2D eigenvalue weighted by Gasteiger charge is -2.11. The topological polar surface area (TPSA) is 93.1 Å². The summed E-state index contributed by atoms with van der Waals surface area (Å²) >= 11 is 7.16. The number of halogens is 2. The Morgan fingerprint density at radius 1 is 1.33 bits per heavy atom. The first kappa shape index (κ1) is 19.0. The molecule has 2 N–H and O–H groups in total. The van der Waals surface area contributed by atoms with Crippen molar-refractivity contribution in [2.45, 2.75) is 13.3 Å². The standard InChI is InChI=1S/C17H14ClFN4O3S/c1-9-21-16-12(5-7-27-16)17(26)23(9)22-14(24)4-6-20-15(25)11-3-2-10(19)8-13(11)18/h2-3,5,7-8H,4,6H2,1H3,(H,20,25)(H,22,24). The number of fused-ring (bicyclic) bond motifs is 1. The lowest BCUT2D eigenvalue weighted by Crippen LogP contribution is -2.37. The van der Waals surface area contributed by atoms with Crippen LogP contribution in [0.4, 0.5) is 4.39 Å². The number of aryl methyl sites for hydroxylation is 1. The maximum Gasteiger partial charge on any atom is 0.281 e. The fraction of sp³-hybridized carbons (Fsp3) is 0.176. The first-order chi connectivity index (χ1) is 12.9. The molecule has 27 heavy (non-hydrogen) atoms. The first-order valence-electron chi connectivity index (χ1n) is 7.87. The van der Waals surface area contributed by atoms with Gasteiger partial charge in [0.15, 0.2) is 0 Å². The number of hydrogen-bond donors (Lipinski definition) is 2. The van der Waals surface area contributed by atoms with Crippen LogP contribution in [0.1, 0.15) is 22.6 Å². The Labute approximate surface area is 161 Å². The van der Waals surface area contributed by atoms with Gasteiger partial charge in [0.1, 0.15) is 16.5 Å². The van der Waals surface area contributed by atoms with E-state index in [1.54, 1.807) is 18.4 Å². The molecule has 7 nitrogen and oxygen atoms in total. The third-order valence-electron chi connectivity index (χ3n) is 3.72. The second kappa shape index (κ2) is 7.85. The van der Waals surface area contributed by atoms with Gasteiger partial charge in [-0.2, -0.15) is 0 Å². The van der Waals surface area contributed by atoms with E-state index in [0.29, 0.717) is 16.0 Å². The van der Waals surface area contributed by atoms with Crippen LogP contribution in [-0.4, -0.2) is 28.0 Å². The average Bonchev–Trinajstić information content (AvgIpc) is 3.07. The second-order valence-corrected chi connectivity index (χ2v) is 6.91. The number of benzene rings is 1. The third-order valence-corrected chi connectivity index (χ3v) is 4.83. The van der Waals surface area contributed by atoms with Gasteiger partial charge in [0.25, 0.3) is 11.5 Å². The van der Waals surface area contributed by atoms with Crippen LogP contribution in [0.2, 0.25) is 5.02 Å². The minimum absolute atomic E-state index is 0.0142. The van der Waals surface area contributed by atoms with E-state index in [2.05, 4.69) is 15.7 Å². The van der Waals surface area contributed by atoms with Gasteiger partial charge in [-0.15, -0.1) is 11.3 Å². The van der Waals surface area contributed by atoms with Gasteiger partial charge in [-0.25, -0.2) is 14.1 Å². The smallest absolute Gasteiger partial charge is 0.281 e. The lowest BCUT2D eigenvalue weighted by atomic mass is 10.2. The number of thiophene rings is 1. The van der Waals surface area contributed by atoms with Crippen LogP contribution >= 0.6 is 22.9 Å². The molecule has 3 rings (SSSR count). The predicted molar refractivity (Wildman–Crippen MR) is 101 cm³/mol. The molecule has 3 aromatic rings. The quantitative estimate of drug-likeness (QED) is 0.678. The van der Waals surface area contributed by atoms with Crippen molar-refractivity contribution in [3.63, 3.8) is 0 Å². The minimum Gasteiger partial charge on any atom is -0.351 e. The molecule has 0 spiro atoms. The summed E-state index contributed by atoms with van der Waals surface area (Å²) in [6, 6.07) is 5.06. The van der Waals surface area contributed by atoms with Gasteiger partial charge in [0, 0.05) is 13.0 Å². The Bertz CT molecular complexity index is 1100. The van der Waals surface area contributed by atoms with E-state index in [-0.39, 0.29) is 29.1 Å². The zero-order valence-electron chi connectivity index (χ0n) is 14.1. The summed E-state index contributed by atoms with van der Waals surface area (Å²) < 4.78 is 14.1. The molecule has 0 saturated carbocycles. The van der Waals surface area contributed by atoms with Crippen LogP contribution in [-0.2, 0) is 4.79 Å². The lowest BCUT2D eigenvalue weighted by molar-refractivity contribution is -0.117. The average molecular weight is 409 g/mol. The number of carbonyl (C=O) groups is 2. The molecule has 140 valence electrons. The summed E-state index contributed by atoms with van der Waals surface area (Å²) in [6.45, 7) is 1.62. The summed E-state index contributed by atoms with van der Waals surface area (Å²) in [6.07, 6.45) is -0.0713. The van der Waals surface area contributed by atoms with Crippen LogP contribution in [0.25, 0.3) is 10.2 Å². The summed E-state index contributed by atoms with van der Waals surface area (Å²) in [4.78, 5) is 41.4. The van der Waals surface area contributed by atoms with Crippen molar-refractivity contribution in [2.75, 3.05) is 12.0 Å². The van der Waals surface area contributed by atoms with Crippen molar-refractivity contribution < 1.29 is 14.0 Å². The number of hydrogen-bond acceptors (Lipinski definition) is 5. The molecule has 2 heterocycles.